The zero-order valence-electron chi connectivity index (χ0n) is 9.91. The van der Waals surface area contributed by atoms with E-state index in [0.717, 1.165) is 6.07 Å². The summed E-state index contributed by atoms with van der Waals surface area (Å²) in [6, 6.07) is 3.98. The second-order valence-electron chi connectivity index (χ2n) is 3.72. The summed E-state index contributed by atoms with van der Waals surface area (Å²) in [6.45, 7) is 1.59. The molecule has 4 nitrogen and oxygen atoms in total. The van der Waals surface area contributed by atoms with Crippen LogP contribution >= 0.6 is 0 Å². The Bertz CT molecular complexity index is 532. The monoisotopic (exact) mass is 273 g/mol. The lowest BCUT2D eigenvalue weighted by Gasteiger charge is -2.15. The van der Waals surface area contributed by atoms with Gasteiger partial charge in [-0.1, -0.05) is 13.0 Å². The van der Waals surface area contributed by atoms with Gasteiger partial charge in [-0.2, -0.15) is 5.26 Å². The number of halogens is 3. The SMILES string of the molecule is CCc1cc(CC(=O)O)cc(C#N)c1OC(F)(F)F. The minimum absolute atomic E-state index is 0.146. The molecule has 0 saturated heterocycles. The fourth-order valence-corrected chi connectivity index (χ4v) is 1.61. The largest absolute Gasteiger partial charge is 0.573 e. The van der Waals surface area contributed by atoms with E-state index in [1.165, 1.54) is 6.07 Å². The first-order valence-electron chi connectivity index (χ1n) is 5.30. The molecule has 0 unspecified atom stereocenters. The second kappa shape index (κ2) is 5.61. The van der Waals surface area contributed by atoms with Crippen molar-refractivity contribution >= 4 is 5.97 Å². The molecule has 0 aliphatic carbocycles. The van der Waals surface area contributed by atoms with E-state index in [4.69, 9.17) is 10.4 Å². The first kappa shape index (κ1) is 14.8. The van der Waals surface area contributed by atoms with Gasteiger partial charge < -0.3 is 9.84 Å². The third kappa shape index (κ3) is 4.17. The lowest BCUT2D eigenvalue weighted by molar-refractivity contribution is -0.275. The number of nitriles is 1. The van der Waals surface area contributed by atoms with Crippen LogP contribution in [-0.4, -0.2) is 17.4 Å². The van der Waals surface area contributed by atoms with Crippen LogP contribution < -0.4 is 4.74 Å². The third-order valence-corrected chi connectivity index (χ3v) is 2.30. The first-order valence-corrected chi connectivity index (χ1v) is 5.30. The van der Waals surface area contributed by atoms with E-state index in [2.05, 4.69) is 4.74 Å². The van der Waals surface area contributed by atoms with E-state index in [0.29, 0.717) is 0 Å². The van der Waals surface area contributed by atoms with Gasteiger partial charge in [0.05, 0.1) is 12.0 Å². The summed E-state index contributed by atoms with van der Waals surface area (Å²) in [7, 11) is 0. The number of carbonyl (C=O) groups is 1. The van der Waals surface area contributed by atoms with Gasteiger partial charge in [0.1, 0.15) is 11.8 Å². The molecule has 0 amide bonds. The van der Waals surface area contributed by atoms with Gasteiger partial charge in [0.15, 0.2) is 0 Å². The van der Waals surface area contributed by atoms with Gasteiger partial charge in [-0.3, -0.25) is 4.79 Å². The van der Waals surface area contributed by atoms with E-state index in [1.54, 1.807) is 13.0 Å². The van der Waals surface area contributed by atoms with Crippen LogP contribution in [0.3, 0.4) is 0 Å². The van der Waals surface area contributed by atoms with Gasteiger partial charge in [-0.15, -0.1) is 13.2 Å². The van der Waals surface area contributed by atoms with Crippen LogP contribution in [0.5, 0.6) is 5.75 Å². The number of alkyl halides is 3. The molecule has 0 heterocycles. The van der Waals surface area contributed by atoms with Crippen LogP contribution in [0.15, 0.2) is 12.1 Å². The molecular formula is C12H10F3NO3. The van der Waals surface area contributed by atoms with E-state index < -0.39 is 18.1 Å². The number of aryl methyl sites for hydroxylation is 1. The van der Waals surface area contributed by atoms with Crippen LogP contribution in [0.4, 0.5) is 13.2 Å². The lowest BCUT2D eigenvalue weighted by atomic mass is 10.0. The molecule has 7 heteroatoms. The van der Waals surface area contributed by atoms with Crippen molar-refractivity contribution in [3.05, 3.63) is 28.8 Å². The number of carboxylic acids is 1. The summed E-state index contributed by atoms with van der Waals surface area (Å²) in [5.41, 5.74) is 0.0796. The fraction of sp³-hybridized carbons (Fsp3) is 0.333. The van der Waals surface area contributed by atoms with Crippen molar-refractivity contribution in [1.82, 2.24) is 0 Å². The molecule has 0 spiro atoms. The standard InChI is InChI=1S/C12H10F3NO3/c1-2-8-3-7(5-10(17)18)4-9(6-16)11(8)19-12(13,14)15/h3-4H,2,5H2,1H3,(H,17,18). The minimum Gasteiger partial charge on any atom is -0.481 e. The number of rotatable bonds is 4. The highest BCUT2D eigenvalue weighted by atomic mass is 19.4. The van der Waals surface area contributed by atoms with Gasteiger partial charge in [-0.25, -0.2) is 0 Å². The van der Waals surface area contributed by atoms with Crippen molar-refractivity contribution < 1.29 is 27.8 Å². The summed E-state index contributed by atoms with van der Waals surface area (Å²) < 4.78 is 40.6. The van der Waals surface area contributed by atoms with E-state index in [9.17, 15) is 18.0 Å². The van der Waals surface area contributed by atoms with Crippen molar-refractivity contribution in [3.8, 4) is 11.8 Å². The Morgan fingerprint density at radius 1 is 1.47 bits per heavy atom. The highest BCUT2D eigenvalue weighted by molar-refractivity contribution is 5.71. The smallest absolute Gasteiger partial charge is 0.481 e. The molecule has 1 aromatic carbocycles. The van der Waals surface area contributed by atoms with Gasteiger partial charge in [0.2, 0.25) is 0 Å². The van der Waals surface area contributed by atoms with Gasteiger partial charge in [0.25, 0.3) is 0 Å². The van der Waals surface area contributed by atoms with Crippen LogP contribution in [0.2, 0.25) is 0 Å². The molecule has 1 N–H and O–H groups in total. The number of hydrogen-bond donors (Lipinski definition) is 1. The predicted molar refractivity (Wildman–Crippen MR) is 58.6 cm³/mol. The lowest BCUT2D eigenvalue weighted by Crippen LogP contribution is -2.19. The molecule has 0 bridgehead atoms. The second-order valence-corrected chi connectivity index (χ2v) is 3.72. The fourth-order valence-electron chi connectivity index (χ4n) is 1.61. The van der Waals surface area contributed by atoms with Crippen LogP contribution in [-0.2, 0) is 17.6 Å². The highest BCUT2D eigenvalue weighted by Gasteiger charge is 2.33. The molecule has 0 aliphatic heterocycles. The van der Waals surface area contributed by atoms with E-state index in [-0.39, 0.29) is 29.5 Å². The summed E-state index contributed by atoms with van der Waals surface area (Å²) in [5, 5.41) is 17.5. The Labute approximate surface area is 107 Å². The molecule has 102 valence electrons. The van der Waals surface area contributed by atoms with Gasteiger partial charge >= 0.3 is 12.3 Å². The molecule has 1 rings (SSSR count). The minimum atomic E-state index is -4.90. The number of carboxylic acid groups (broad SMARTS) is 1. The maximum Gasteiger partial charge on any atom is 0.573 e. The first-order chi connectivity index (χ1) is 8.76. The van der Waals surface area contributed by atoms with E-state index >= 15 is 0 Å². The molecule has 0 saturated carbocycles. The van der Waals surface area contributed by atoms with Gasteiger partial charge in [-0.05, 0) is 23.6 Å². The van der Waals surface area contributed by atoms with Crippen molar-refractivity contribution in [1.29, 1.82) is 5.26 Å². The maximum absolute atomic E-state index is 12.3. The van der Waals surface area contributed by atoms with Crippen LogP contribution in [0, 0.1) is 11.3 Å². The van der Waals surface area contributed by atoms with Crippen molar-refractivity contribution in [2.24, 2.45) is 0 Å². The normalized spacial score (nSPS) is 10.9. The molecular weight excluding hydrogens is 263 g/mol. The Balaban J connectivity index is 3.30. The van der Waals surface area contributed by atoms with Crippen molar-refractivity contribution in [2.45, 2.75) is 26.1 Å². The molecule has 19 heavy (non-hydrogen) atoms. The summed E-state index contributed by atoms with van der Waals surface area (Å²) in [6.07, 6.45) is -5.08. The van der Waals surface area contributed by atoms with Crippen molar-refractivity contribution in [3.63, 3.8) is 0 Å². The molecule has 0 aliphatic rings. The third-order valence-electron chi connectivity index (χ3n) is 2.30. The Morgan fingerprint density at radius 2 is 2.11 bits per heavy atom. The number of nitrogens with zero attached hydrogens (tertiary/aromatic N) is 1. The zero-order chi connectivity index (χ0) is 14.6. The maximum atomic E-state index is 12.3. The number of benzene rings is 1. The van der Waals surface area contributed by atoms with Crippen LogP contribution in [0.25, 0.3) is 0 Å². The molecule has 0 aromatic heterocycles. The van der Waals surface area contributed by atoms with Crippen LogP contribution in [0.1, 0.15) is 23.6 Å². The average Bonchev–Trinajstić information content (AvgIpc) is 2.28. The van der Waals surface area contributed by atoms with Gasteiger partial charge in [0, 0.05) is 0 Å². The number of hydrogen-bond acceptors (Lipinski definition) is 3. The summed E-state index contributed by atoms with van der Waals surface area (Å²) in [4.78, 5) is 10.6. The average molecular weight is 273 g/mol. The molecule has 1 aromatic rings. The number of aliphatic carboxylic acids is 1. The topological polar surface area (TPSA) is 70.3 Å². The van der Waals surface area contributed by atoms with E-state index in [1.807, 2.05) is 0 Å². The summed E-state index contributed by atoms with van der Waals surface area (Å²) in [5.74, 6) is -1.69. The predicted octanol–water partition coefficient (Wildman–Crippen LogP) is 2.65. The number of ether oxygens (including phenoxy) is 1. The Kier molecular flexibility index (Phi) is 4.38. The molecule has 0 fully saturated rings. The highest BCUT2D eigenvalue weighted by Crippen LogP contribution is 2.31. The molecule has 0 radical (unpaired) electrons. The Hall–Kier alpha value is -2.23. The molecule has 0 atom stereocenters. The summed E-state index contributed by atoms with van der Waals surface area (Å²) >= 11 is 0. The quantitative estimate of drug-likeness (QED) is 0.915. The van der Waals surface area contributed by atoms with Crippen molar-refractivity contribution in [2.75, 3.05) is 0 Å². The zero-order valence-corrected chi connectivity index (χ0v) is 9.91. The Morgan fingerprint density at radius 3 is 2.53 bits per heavy atom.